The number of carbonyl (C=O) groups is 1. The Kier molecular flexibility index (Phi) is 4.78. The second-order valence-electron chi connectivity index (χ2n) is 4.97. The van der Waals surface area contributed by atoms with E-state index in [9.17, 15) is 18.0 Å². The maximum atomic E-state index is 12.1. The minimum atomic E-state index is -4.74. The summed E-state index contributed by atoms with van der Waals surface area (Å²) in [6, 6.07) is 11.9. The molecule has 0 atom stereocenters. The van der Waals surface area contributed by atoms with Gasteiger partial charge in [-0.1, -0.05) is 0 Å². The van der Waals surface area contributed by atoms with Crippen molar-refractivity contribution in [1.29, 1.82) is 0 Å². The lowest BCUT2D eigenvalue weighted by Gasteiger charge is -2.13. The lowest BCUT2D eigenvalue weighted by molar-refractivity contribution is -0.274. The first-order chi connectivity index (χ1) is 10.7. The van der Waals surface area contributed by atoms with Crippen LogP contribution in [0.2, 0.25) is 0 Å². The molecule has 1 amide bonds. The van der Waals surface area contributed by atoms with Crippen LogP contribution in [0.5, 0.6) is 5.75 Å². The van der Waals surface area contributed by atoms with Crippen molar-refractivity contribution in [3.8, 4) is 5.75 Å². The van der Waals surface area contributed by atoms with E-state index in [2.05, 4.69) is 10.1 Å². The van der Waals surface area contributed by atoms with Crippen LogP contribution >= 0.6 is 0 Å². The molecular formula is C16H15F3N2O2. The molecule has 0 heterocycles. The van der Waals surface area contributed by atoms with Crippen LogP contribution in [0.15, 0.2) is 48.5 Å². The minimum absolute atomic E-state index is 0.342. The largest absolute Gasteiger partial charge is 0.573 e. The van der Waals surface area contributed by atoms with Gasteiger partial charge in [-0.25, -0.2) is 0 Å². The summed E-state index contributed by atoms with van der Waals surface area (Å²) in [5, 5.41) is 2.61. The molecule has 0 saturated carbocycles. The van der Waals surface area contributed by atoms with Crippen molar-refractivity contribution < 1.29 is 22.7 Å². The number of amides is 1. The molecular weight excluding hydrogens is 309 g/mol. The molecule has 0 radical (unpaired) electrons. The predicted molar refractivity (Wildman–Crippen MR) is 81.8 cm³/mol. The quantitative estimate of drug-likeness (QED) is 0.927. The van der Waals surface area contributed by atoms with Gasteiger partial charge in [-0.05, 0) is 48.5 Å². The molecule has 0 aromatic heterocycles. The van der Waals surface area contributed by atoms with E-state index in [1.807, 2.05) is 19.0 Å². The Labute approximate surface area is 131 Å². The molecule has 1 N–H and O–H groups in total. The summed E-state index contributed by atoms with van der Waals surface area (Å²) in [5.41, 5.74) is 1.78. The van der Waals surface area contributed by atoms with Crippen molar-refractivity contribution in [2.45, 2.75) is 6.36 Å². The molecule has 2 rings (SSSR count). The lowest BCUT2D eigenvalue weighted by Crippen LogP contribution is -2.17. The molecule has 23 heavy (non-hydrogen) atoms. The maximum absolute atomic E-state index is 12.1. The van der Waals surface area contributed by atoms with Crippen LogP contribution < -0.4 is 15.0 Å². The summed E-state index contributed by atoms with van der Waals surface area (Å²) in [6.07, 6.45) is -4.74. The highest BCUT2D eigenvalue weighted by Gasteiger charge is 2.30. The second-order valence-corrected chi connectivity index (χ2v) is 4.97. The number of hydrogen-bond acceptors (Lipinski definition) is 3. The number of halogens is 3. The Morgan fingerprint density at radius 1 is 1.00 bits per heavy atom. The second kappa shape index (κ2) is 6.60. The van der Waals surface area contributed by atoms with E-state index in [0.717, 1.165) is 17.8 Å². The average molecular weight is 324 g/mol. The van der Waals surface area contributed by atoms with E-state index >= 15 is 0 Å². The fourth-order valence-electron chi connectivity index (χ4n) is 1.85. The van der Waals surface area contributed by atoms with Gasteiger partial charge in [0, 0.05) is 31.0 Å². The highest BCUT2D eigenvalue weighted by Crippen LogP contribution is 2.24. The van der Waals surface area contributed by atoms with Crippen molar-refractivity contribution in [2.24, 2.45) is 0 Å². The van der Waals surface area contributed by atoms with Crippen molar-refractivity contribution in [1.82, 2.24) is 0 Å². The van der Waals surface area contributed by atoms with Crippen LogP contribution in [-0.2, 0) is 0 Å². The topological polar surface area (TPSA) is 41.6 Å². The van der Waals surface area contributed by atoms with Gasteiger partial charge in [-0.3, -0.25) is 4.79 Å². The highest BCUT2D eigenvalue weighted by atomic mass is 19.4. The Balaban J connectivity index is 2.02. The van der Waals surface area contributed by atoms with Gasteiger partial charge in [-0.15, -0.1) is 13.2 Å². The van der Waals surface area contributed by atoms with E-state index < -0.39 is 6.36 Å². The summed E-state index contributed by atoms with van der Waals surface area (Å²) in [7, 11) is 3.78. The molecule has 7 heteroatoms. The van der Waals surface area contributed by atoms with Gasteiger partial charge in [0.2, 0.25) is 0 Å². The fraction of sp³-hybridized carbons (Fsp3) is 0.188. The zero-order valence-electron chi connectivity index (χ0n) is 12.5. The van der Waals surface area contributed by atoms with Crippen LogP contribution in [0.25, 0.3) is 0 Å². The molecule has 122 valence electrons. The van der Waals surface area contributed by atoms with E-state index in [1.165, 1.54) is 12.1 Å². The molecule has 0 spiro atoms. The van der Waals surface area contributed by atoms with E-state index in [1.54, 1.807) is 24.3 Å². The van der Waals surface area contributed by atoms with Gasteiger partial charge < -0.3 is 15.0 Å². The van der Waals surface area contributed by atoms with Crippen molar-refractivity contribution in [3.05, 3.63) is 54.1 Å². The van der Waals surface area contributed by atoms with Gasteiger partial charge in [0.1, 0.15) is 5.75 Å². The third kappa shape index (κ3) is 4.91. The molecule has 4 nitrogen and oxygen atoms in total. The maximum Gasteiger partial charge on any atom is 0.573 e. The van der Waals surface area contributed by atoms with Gasteiger partial charge in [0.15, 0.2) is 0 Å². The molecule has 0 aliphatic carbocycles. The van der Waals surface area contributed by atoms with Crippen LogP contribution in [0.3, 0.4) is 0 Å². The van der Waals surface area contributed by atoms with Crippen LogP contribution in [0.1, 0.15) is 10.4 Å². The van der Waals surface area contributed by atoms with Crippen molar-refractivity contribution in [3.63, 3.8) is 0 Å². The highest BCUT2D eigenvalue weighted by molar-refractivity contribution is 6.04. The van der Waals surface area contributed by atoms with Crippen molar-refractivity contribution >= 4 is 17.3 Å². The molecule has 0 unspecified atom stereocenters. The Morgan fingerprint density at radius 2 is 1.57 bits per heavy atom. The number of alkyl halides is 3. The third-order valence-electron chi connectivity index (χ3n) is 2.99. The van der Waals surface area contributed by atoms with Gasteiger partial charge >= 0.3 is 6.36 Å². The minimum Gasteiger partial charge on any atom is -0.406 e. The third-order valence-corrected chi connectivity index (χ3v) is 2.99. The summed E-state index contributed by atoms with van der Waals surface area (Å²) < 4.78 is 40.0. The first-order valence-electron chi connectivity index (χ1n) is 6.69. The molecule has 2 aromatic carbocycles. The van der Waals surface area contributed by atoms with Gasteiger partial charge in [-0.2, -0.15) is 0 Å². The Morgan fingerprint density at radius 3 is 2.04 bits per heavy atom. The fourth-order valence-corrected chi connectivity index (χ4v) is 1.85. The van der Waals surface area contributed by atoms with Crippen LogP contribution in [0.4, 0.5) is 24.5 Å². The summed E-state index contributed by atoms with van der Waals surface area (Å²) in [5.74, 6) is -0.689. The van der Waals surface area contributed by atoms with E-state index in [4.69, 9.17) is 0 Å². The number of nitrogens with zero attached hydrogens (tertiary/aromatic N) is 1. The molecule has 0 bridgehead atoms. The number of rotatable bonds is 4. The molecule has 0 aliphatic rings. The Hall–Kier alpha value is -2.70. The average Bonchev–Trinajstić information content (AvgIpc) is 2.48. The van der Waals surface area contributed by atoms with Crippen LogP contribution in [-0.4, -0.2) is 26.4 Å². The predicted octanol–water partition coefficient (Wildman–Crippen LogP) is 3.90. The van der Waals surface area contributed by atoms with Gasteiger partial charge in [0.05, 0.1) is 0 Å². The number of ether oxygens (including phenoxy) is 1. The van der Waals surface area contributed by atoms with Gasteiger partial charge in [0.25, 0.3) is 5.91 Å². The summed E-state index contributed by atoms with van der Waals surface area (Å²) in [6.45, 7) is 0. The zero-order chi connectivity index (χ0) is 17.0. The normalized spacial score (nSPS) is 11.0. The Bertz CT molecular complexity index is 665. The number of hydrogen-bond donors (Lipinski definition) is 1. The zero-order valence-corrected chi connectivity index (χ0v) is 12.5. The van der Waals surface area contributed by atoms with Crippen LogP contribution in [0, 0.1) is 0 Å². The van der Waals surface area contributed by atoms with Crippen molar-refractivity contribution in [2.75, 3.05) is 24.3 Å². The molecule has 2 aromatic rings. The number of benzene rings is 2. The monoisotopic (exact) mass is 324 g/mol. The smallest absolute Gasteiger partial charge is 0.406 e. The molecule has 0 saturated heterocycles. The summed E-state index contributed by atoms with van der Waals surface area (Å²) in [4.78, 5) is 14.0. The number of carbonyl (C=O) groups excluding carboxylic acids is 1. The lowest BCUT2D eigenvalue weighted by atomic mass is 10.2. The van der Waals surface area contributed by atoms with E-state index in [0.29, 0.717) is 11.3 Å². The number of nitrogens with one attached hydrogen (secondary N) is 1. The summed E-state index contributed by atoms with van der Waals surface area (Å²) >= 11 is 0. The standard InChI is InChI=1S/C16H15F3N2O2/c1-21(2)13-7-3-11(4-8-13)15(22)20-12-5-9-14(10-6-12)23-16(17,18)19/h3-10H,1-2H3,(H,20,22). The SMILES string of the molecule is CN(C)c1ccc(C(=O)Nc2ccc(OC(F)(F)F)cc2)cc1. The first-order valence-corrected chi connectivity index (χ1v) is 6.69. The first kappa shape index (κ1) is 16.7. The van der Waals surface area contributed by atoms with E-state index in [-0.39, 0.29) is 11.7 Å². The number of anilines is 2. The molecule has 0 fully saturated rings. The molecule has 0 aliphatic heterocycles.